The van der Waals surface area contributed by atoms with Crippen molar-refractivity contribution in [1.29, 1.82) is 0 Å². The maximum Gasteiger partial charge on any atom is 0.323 e. The standard InChI is InChI=1S/C19H19NO5/c20-16(19(23)25-12-14-7-3-1-4-8-14)11-18(22)24-13-17(21)15-9-5-2-6-10-15/h1-10,16H,11-13,20H2/t16-/m0/s1. The average Bonchev–Trinajstić information content (AvgIpc) is 2.65. The van der Waals surface area contributed by atoms with Crippen LogP contribution in [0.4, 0.5) is 0 Å². The summed E-state index contributed by atoms with van der Waals surface area (Å²) in [7, 11) is 0. The Morgan fingerprint density at radius 2 is 1.48 bits per heavy atom. The van der Waals surface area contributed by atoms with Gasteiger partial charge in [0.1, 0.15) is 12.6 Å². The van der Waals surface area contributed by atoms with Crippen molar-refractivity contribution in [2.45, 2.75) is 19.1 Å². The number of nitrogens with two attached hydrogens (primary N) is 1. The molecule has 0 aromatic heterocycles. The van der Waals surface area contributed by atoms with E-state index in [2.05, 4.69) is 0 Å². The first kappa shape index (κ1) is 18.4. The first-order chi connectivity index (χ1) is 12.1. The van der Waals surface area contributed by atoms with E-state index in [1.807, 2.05) is 30.3 Å². The molecule has 0 saturated carbocycles. The maximum absolute atomic E-state index is 11.8. The summed E-state index contributed by atoms with van der Waals surface area (Å²) in [6, 6.07) is 16.4. The predicted octanol–water partition coefficient (Wildman–Crippen LogP) is 1.87. The second-order valence-electron chi connectivity index (χ2n) is 5.35. The van der Waals surface area contributed by atoms with Gasteiger partial charge < -0.3 is 15.2 Å². The van der Waals surface area contributed by atoms with Crippen LogP contribution in [0.5, 0.6) is 0 Å². The van der Waals surface area contributed by atoms with Crippen molar-refractivity contribution in [2.24, 2.45) is 5.73 Å². The quantitative estimate of drug-likeness (QED) is 0.582. The van der Waals surface area contributed by atoms with Gasteiger partial charge in [0.05, 0.1) is 6.42 Å². The van der Waals surface area contributed by atoms with Crippen LogP contribution in [0.3, 0.4) is 0 Å². The van der Waals surface area contributed by atoms with Crippen molar-refractivity contribution in [3.8, 4) is 0 Å². The summed E-state index contributed by atoms with van der Waals surface area (Å²) in [5, 5.41) is 0. The van der Waals surface area contributed by atoms with Gasteiger partial charge in [0.2, 0.25) is 0 Å². The van der Waals surface area contributed by atoms with Gasteiger partial charge in [-0.25, -0.2) is 0 Å². The van der Waals surface area contributed by atoms with E-state index in [1.54, 1.807) is 30.3 Å². The van der Waals surface area contributed by atoms with Crippen LogP contribution in [0.2, 0.25) is 0 Å². The van der Waals surface area contributed by atoms with Crippen molar-refractivity contribution in [2.75, 3.05) is 6.61 Å². The highest BCUT2D eigenvalue weighted by molar-refractivity contribution is 5.98. The van der Waals surface area contributed by atoms with Gasteiger partial charge in [0.25, 0.3) is 0 Å². The Morgan fingerprint density at radius 3 is 2.12 bits per heavy atom. The van der Waals surface area contributed by atoms with Crippen LogP contribution < -0.4 is 5.73 Å². The van der Waals surface area contributed by atoms with Crippen LogP contribution in [-0.2, 0) is 25.7 Å². The highest BCUT2D eigenvalue weighted by Gasteiger charge is 2.20. The fraction of sp³-hybridized carbons (Fsp3) is 0.211. The molecule has 1 atom stereocenters. The summed E-state index contributed by atoms with van der Waals surface area (Å²) in [4.78, 5) is 35.3. The molecule has 0 heterocycles. The second-order valence-corrected chi connectivity index (χ2v) is 5.35. The average molecular weight is 341 g/mol. The van der Waals surface area contributed by atoms with E-state index in [1.165, 1.54) is 0 Å². The van der Waals surface area contributed by atoms with Crippen LogP contribution >= 0.6 is 0 Å². The van der Waals surface area contributed by atoms with E-state index in [0.29, 0.717) is 5.56 Å². The molecule has 130 valence electrons. The monoisotopic (exact) mass is 341 g/mol. The fourth-order valence-electron chi connectivity index (χ4n) is 2.01. The zero-order valence-electron chi connectivity index (χ0n) is 13.6. The summed E-state index contributed by atoms with van der Waals surface area (Å²) in [6.07, 6.45) is -0.351. The van der Waals surface area contributed by atoms with E-state index in [0.717, 1.165) is 5.56 Å². The minimum atomic E-state index is -1.14. The number of esters is 2. The highest BCUT2D eigenvalue weighted by Crippen LogP contribution is 2.04. The lowest BCUT2D eigenvalue weighted by Crippen LogP contribution is -2.35. The summed E-state index contributed by atoms with van der Waals surface area (Å²) in [6.45, 7) is -0.316. The summed E-state index contributed by atoms with van der Waals surface area (Å²) < 4.78 is 9.91. The molecule has 0 bridgehead atoms. The normalized spacial score (nSPS) is 11.4. The van der Waals surface area contributed by atoms with Crippen LogP contribution in [0.1, 0.15) is 22.3 Å². The number of carbonyl (C=O) groups is 3. The molecule has 0 aliphatic heterocycles. The molecule has 6 nitrogen and oxygen atoms in total. The van der Waals surface area contributed by atoms with Crippen LogP contribution in [0.25, 0.3) is 0 Å². The first-order valence-corrected chi connectivity index (χ1v) is 7.76. The molecule has 6 heteroatoms. The lowest BCUT2D eigenvalue weighted by molar-refractivity contribution is -0.152. The van der Waals surface area contributed by atoms with E-state index in [-0.39, 0.29) is 18.8 Å². The first-order valence-electron chi connectivity index (χ1n) is 7.76. The minimum Gasteiger partial charge on any atom is -0.460 e. The van der Waals surface area contributed by atoms with Crippen molar-refractivity contribution in [1.82, 2.24) is 0 Å². The lowest BCUT2D eigenvalue weighted by atomic mass is 10.1. The van der Waals surface area contributed by atoms with Gasteiger partial charge in [0, 0.05) is 5.56 Å². The van der Waals surface area contributed by atoms with E-state index in [9.17, 15) is 14.4 Å². The number of carbonyl (C=O) groups excluding carboxylic acids is 3. The third kappa shape index (κ3) is 6.19. The molecule has 0 spiro atoms. The van der Waals surface area contributed by atoms with E-state index in [4.69, 9.17) is 15.2 Å². The lowest BCUT2D eigenvalue weighted by Gasteiger charge is -2.11. The molecule has 25 heavy (non-hydrogen) atoms. The Bertz CT molecular complexity index is 715. The van der Waals surface area contributed by atoms with Gasteiger partial charge in [0.15, 0.2) is 12.4 Å². The van der Waals surface area contributed by atoms with Crippen LogP contribution in [0.15, 0.2) is 60.7 Å². The molecule has 2 aromatic rings. The third-order valence-corrected chi connectivity index (χ3v) is 3.37. The Hall–Kier alpha value is -2.99. The Balaban J connectivity index is 1.72. The molecule has 0 amide bonds. The second kappa shape index (κ2) is 9.34. The largest absolute Gasteiger partial charge is 0.460 e. The zero-order chi connectivity index (χ0) is 18.1. The molecule has 0 saturated heterocycles. The van der Waals surface area contributed by atoms with Crippen LogP contribution in [0, 0.1) is 0 Å². The van der Waals surface area contributed by atoms with Crippen molar-refractivity contribution >= 4 is 17.7 Å². The Labute approximate surface area is 145 Å². The molecule has 0 unspecified atom stereocenters. The fourth-order valence-corrected chi connectivity index (χ4v) is 2.01. The molecule has 0 aliphatic carbocycles. The van der Waals surface area contributed by atoms with Gasteiger partial charge in [-0.1, -0.05) is 60.7 Å². The minimum absolute atomic E-state index is 0.0783. The summed E-state index contributed by atoms with van der Waals surface area (Å²) >= 11 is 0. The maximum atomic E-state index is 11.8. The van der Waals surface area contributed by atoms with Gasteiger partial charge in [-0.2, -0.15) is 0 Å². The molecule has 0 aliphatic rings. The topological polar surface area (TPSA) is 95.7 Å². The molecular formula is C19H19NO5. The van der Waals surface area contributed by atoms with E-state index < -0.39 is 24.6 Å². The molecule has 2 aromatic carbocycles. The Kier molecular flexibility index (Phi) is 6.86. The zero-order valence-corrected chi connectivity index (χ0v) is 13.6. The van der Waals surface area contributed by atoms with Crippen molar-refractivity contribution in [3.05, 3.63) is 71.8 Å². The predicted molar refractivity (Wildman–Crippen MR) is 90.6 cm³/mol. The highest BCUT2D eigenvalue weighted by atomic mass is 16.5. The van der Waals surface area contributed by atoms with E-state index >= 15 is 0 Å². The number of benzene rings is 2. The van der Waals surface area contributed by atoms with Gasteiger partial charge in [-0.15, -0.1) is 0 Å². The van der Waals surface area contributed by atoms with Crippen molar-refractivity contribution in [3.63, 3.8) is 0 Å². The van der Waals surface area contributed by atoms with Gasteiger partial charge in [-0.05, 0) is 5.56 Å². The SMILES string of the molecule is N[C@@H](CC(=O)OCC(=O)c1ccccc1)C(=O)OCc1ccccc1. The molecule has 0 radical (unpaired) electrons. The summed E-state index contributed by atoms with van der Waals surface area (Å²) in [5.41, 5.74) is 6.90. The van der Waals surface area contributed by atoms with Crippen molar-refractivity contribution < 1.29 is 23.9 Å². The molecule has 0 fully saturated rings. The number of hydrogen-bond donors (Lipinski definition) is 1. The van der Waals surface area contributed by atoms with Gasteiger partial charge in [-0.3, -0.25) is 14.4 Å². The Morgan fingerprint density at radius 1 is 0.880 bits per heavy atom. The van der Waals surface area contributed by atoms with Crippen LogP contribution in [-0.4, -0.2) is 30.4 Å². The number of Topliss-reactive ketones (excluding diaryl/α,β-unsaturated/α-hetero) is 1. The third-order valence-electron chi connectivity index (χ3n) is 3.37. The smallest absolute Gasteiger partial charge is 0.323 e. The number of rotatable bonds is 8. The molecule has 2 rings (SSSR count). The summed E-state index contributed by atoms with van der Waals surface area (Å²) in [5.74, 6) is -1.75. The molecule has 2 N–H and O–H groups in total. The number of hydrogen-bond acceptors (Lipinski definition) is 6. The number of ether oxygens (including phenoxy) is 2. The van der Waals surface area contributed by atoms with Gasteiger partial charge >= 0.3 is 11.9 Å². The number of ketones is 1. The molecular weight excluding hydrogens is 322 g/mol.